The van der Waals surface area contributed by atoms with E-state index in [1.165, 1.54) is 23.1 Å². The van der Waals surface area contributed by atoms with Gasteiger partial charge in [-0.3, -0.25) is 9.59 Å². The van der Waals surface area contributed by atoms with E-state index >= 15 is 0 Å². The molecule has 1 unspecified atom stereocenters. The summed E-state index contributed by atoms with van der Waals surface area (Å²) in [6.07, 6.45) is 0. The fourth-order valence-corrected chi connectivity index (χ4v) is 3.91. The third kappa shape index (κ3) is 5.38. The van der Waals surface area contributed by atoms with Gasteiger partial charge in [0.1, 0.15) is 10.7 Å². The van der Waals surface area contributed by atoms with Crippen molar-refractivity contribution in [1.29, 1.82) is 0 Å². The second-order valence-electron chi connectivity index (χ2n) is 5.71. The van der Waals surface area contributed by atoms with Crippen molar-refractivity contribution >= 4 is 51.6 Å². The summed E-state index contributed by atoms with van der Waals surface area (Å²) in [6.45, 7) is 3.81. The minimum absolute atomic E-state index is 0. The van der Waals surface area contributed by atoms with Crippen LogP contribution in [0.15, 0.2) is 4.79 Å². The third-order valence-corrected chi connectivity index (χ3v) is 6.00. The SMILES string of the molecule is Cc1sc2nc(CSC(C)C(=O)NCC(F)(F)CN)[nH]c(=O)c2c1C.Cl. The zero-order valence-electron chi connectivity index (χ0n) is 14.5. The Balaban J connectivity index is 0.00000338. The van der Waals surface area contributed by atoms with Crippen LogP contribution in [0.1, 0.15) is 23.2 Å². The summed E-state index contributed by atoms with van der Waals surface area (Å²) in [6, 6.07) is 0. The van der Waals surface area contributed by atoms with E-state index in [9.17, 15) is 18.4 Å². The average molecular weight is 427 g/mol. The summed E-state index contributed by atoms with van der Waals surface area (Å²) in [7, 11) is 0. The molecule has 4 N–H and O–H groups in total. The van der Waals surface area contributed by atoms with Crippen LogP contribution in [-0.4, -0.2) is 40.1 Å². The lowest BCUT2D eigenvalue weighted by Crippen LogP contribution is -2.43. The van der Waals surface area contributed by atoms with Gasteiger partial charge in [0.25, 0.3) is 11.5 Å². The number of thioether (sulfide) groups is 1. The number of nitrogens with one attached hydrogen (secondary N) is 2. The zero-order chi connectivity index (χ0) is 18.8. The maximum atomic E-state index is 13.1. The smallest absolute Gasteiger partial charge is 0.277 e. The van der Waals surface area contributed by atoms with E-state index in [0.717, 1.165) is 10.4 Å². The molecular formula is C15H21ClF2N4O2S2. The molecule has 0 aliphatic heterocycles. The lowest BCUT2D eigenvalue weighted by atomic mass is 10.2. The maximum Gasteiger partial charge on any atom is 0.277 e. The van der Waals surface area contributed by atoms with Crippen LogP contribution in [0.5, 0.6) is 0 Å². The van der Waals surface area contributed by atoms with E-state index in [1.807, 2.05) is 13.8 Å². The van der Waals surface area contributed by atoms with Crippen LogP contribution in [0.3, 0.4) is 0 Å². The molecule has 146 valence electrons. The number of carbonyl (C=O) groups excluding carboxylic acids is 1. The van der Waals surface area contributed by atoms with Crippen molar-refractivity contribution in [3.63, 3.8) is 0 Å². The van der Waals surface area contributed by atoms with Gasteiger partial charge in [-0.2, -0.15) is 0 Å². The molecule has 26 heavy (non-hydrogen) atoms. The molecule has 0 saturated heterocycles. The van der Waals surface area contributed by atoms with Gasteiger partial charge in [-0.15, -0.1) is 35.5 Å². The number of aromatic nitrogens is 2. The number of H-pyrrole nitrogens is 1. The van der Waals surface area contributed by atoms with Crippen molar-refractivity contribution in [2.75, 3.05) is 13.1 Å². The van der Waals surface area contributed by atoms with Gasteiger partial charge in [-0.05, 0) is 26.3 Å². The predicted molar refractivity (Wildman–Crippen MR) is 105 cm³/mol. The summed E-state index contributed by atoms with van der Waals surface area (Å²) in [5.74, 6) is -2.88. The first-order chi connectivity index (χ1) is 11.6. The van der Waals surface area contributed by atoms with Crippen LogP contribution in [0.2, 0.25) is 0 Å². The van der Waals surface area contributed by atoms with E-state index in [-0.39, 0.29) is 18.0 Å². The maximum absolute atomic E-state index is 13.1. The van der Waals surface area contributed by atoms with E-state index in [4.69, 9.17) is 5.73 Å². The molecule has 0 aromatic carbocycles. The number of hydrogen-bond donors (Lipinski definition) is 3. The number of alkyl halides is 2. The topological polar surface area (TPSA) is 101 Å². The molecule has 2 aromatic heterocycles. The normalized spacial score (nSPS) is 12.7. The molecule has 2 rings (SSSR count). The molecule has 0 aliphatic rings. The Morgan fingerprint density at radius 3 is 2.73 bits per heavy atom. The monoisotopic (exact) mass is 426 g/mol. The molecule has 1 atom stereocenters. The largest absolute Gasteiger partial charge is 0.349 e. The Bertz CT molecular complexity index is 841. The minimum Gasteiger partial charge on any atom is -0.349 e. The number of thiophene rings is 1. The van der Waals surface area contributed by atoms with Crippen LogP contribution >= 0.6 is 35.5 Å². The lowest BCUT2D eigenvalue weighted by molar-refractivity contribution is -0.122. The second kappa shape index (κ2) is 9.12. The van der Waals surface area contributed by atoms with Crippen LogP contribution in [-0.2, 0) is 10.5 Å². The number of hydrogen-bond acceptors (Lipinski definition) is 6. The number of amides is 1. The number of rotatable bonds is 7. The molecule has 0 spiro atoms. The van der Waals surface area contributed by atoms with Crippen LogP contribution in [0, 0.1) is 13.8 Å². The quantitative estimate of drug-likeness (QED) is 0.631. The molecule has 1 amide bonds. The minimum atomic E-state index is -3.12. The second-order valence-corrected chi connectivity index (χ2v) is 8.24. The van der Waals surface area contributed by atoms with E-state index in [0.29, 0.717) is 21.8 Å². The van der Waals surface area contributed by atoms with Gasteiger partial charge in [0, 0.05) is 4.88 Å². The highest BCUT2D eigenvalue weighted by atomic mass is 35.5. The Labute approximate surface area is 163 Å². The highest BCUT2D eigenvalue weighted by Crippen LogP contribution is 2.26. The first-order valence-corrected chi connectivity index (χ1v) is 9.47. The van der Waals surface area contributed by atoms with Crippen molar-refractivity contribution in [1.82, 2.24) is 15.3 Å². The molecule has 0 radical (unpaired) electrons. The number of carbonyl (C=O) groups is 1. The van der Waals surface area contributed by atoms with E-state index < -0.39 is 30.2 Å². The van der Waals surface area contributed by atoms with Crippen molar-refractivity contribution in [3.05, 3.63) is 26.6 Å². The Hall–Kier alpha value is -1.23. The number of fused-ring (bicyclic) bond motifs is 1. The van der Waals surface area contributed by atoms with Gasteiger partial charge in [-0.1, -0.05) is 0 Å². The Morgan fingerprint density at radius 1 is 1.46 bits per heavy atom. The summed E-state index contributed by atoms with van der Waals surface area (Å²) in [5, 5.41) is 2.20. The Morgan fingerprint density at radius 2 is 2.12 bits per heavy atom. The van der Waals surface area contributed by atoms with E-state index in [1.54, 1.807) is 6.92 Å². The lowest BCUT2D eigenvalue weighted by Gasteiger charge is -2.16. The number of nitrogens with zero attached hydrogens (tertiary/aromatic N) is 1. The zero-order valence-corrected chi connectivity index (χ0v) is 17.0. The average Bonchev–Trinajstić information content (AvgIpc) is 2.85. The molecule has 0 aliphatic carbocycles. The molecule has 0 saturated carbocycles. The first kappa shape index (κ1) is 22.8. The standard InChI is InChI=1S/C15H20F2N4O2S2.ClH/c1-7-8(2)25-14-11(7)13(23)20-10(21-14)4-24-9(3)12(22)19-6-15(16,17)5-18;/h9H,4-6,18H2,1-3H3,(H,19,22)(H,20,21,23);1H. The highest BCUT2D eigenvalue weighted by Gasteiger charge is 2.28. The van der Waals surface area contributed by atoms with Crippen LogP contribution in [0.25, 0.3) is 10.2 Å². The van der Waals surface area contributed by atoms with Crippen molar-refractivity contribution in [3.8, 4) is 0 Å². The molecule has 6 nitrogen and oxygen atoms in total. The van der Waals surface area contributed by atoms with Gasteiger partial charge in [-0.25, -0.2) is 13.8 Å². The third-order valence-electron chi connectivity index (χ3n) is 3.75. The molecular weight excluding hydrogens is 406 g/mol. The van der Waals surface area contributed by atoms with Crippen molar-refractivity contribution < 1.29 is 13.6 Å². The predicted octanol–water partition coefficient (Wildman–Crippen LogP) is 2.36. The first-order valence-electron chi connectivity index (χ1n) is 7.60. The molecule has 0 bridgehead atoms. The molecule has 2 heterocycles. The Kier molecular flexibility index (Phi) is 8.00. The molecule has 2 aromatic rings. The summed E-state index contributed by atoms with van der Waals surface area (Å²) >= 11 is 2.65. The van der Waals surface area contributed by atoms with Gasteiger partial charge >= 0.3 is 0 Å². The molecule has 0 fully saturated rings. The number of halogens is 3. The van der Waals surface area contributed by atoms with Gasteiger partial charge < -0.3 is 16.0 Å². The fourth-order valence-electron chi connectivity index (χ4n) is 2.08. The summed E-state index contributed by atoms with van der Waals surface area (Å²) in [4.78, 5) is 32.9. The number of aryl methyl sites for hydroxylation is 2. The van der Waals surface area contributed by atoms with Crippen molar-refractivity contribution in [2.24, 2.45) is 5.73 Å². The van der Waals surface area contributed by atoms with E-state index in [2.05, 4.69) is 15.3 Å². The van der Waals surface area contributed by atoms with Crippen LogP contribution in [0.4, 0.5) is 8.78 Å². The highest BCUT2D eigenvalue weighted by molar-refractivity contribution is 7.99. The van der Waals surface area contributed by atoms with Crippen LogP contribution < -0.4 is 16.6 Å². The summed E-state index contributed by atoms with van der Waals surface area (Å²) < 4.78 is 26.1. The number of aromatic amines is 1. The van der Waals surface area contributed by atoms with Gasteiger partial charge in [0.05, 0.1) is 29.5 Å². The fraction of sp³-hybridized carbons (Fsp3) is 0.533. The number of nitrogens with two attached hydrogens (primary N) is 1. The molecule has 11 heteroatoms. The van der Waals surface area contributed by atoms with Crippen molar-refractivity contribution in [2.45, 2.75) is 37.7 Å². The van der Waals surface area contributed by atoms with Gasteiger partial charge in [0.2, 0.25) is 5.91 Å². The van der Waals surface area contributed by atoms with Gasteiger partial charge in [0.15, 0.2) is 0 Å². The summed E-state index contributed by atoms with van der Waals surface area (Å²) in [5.41, 5.74) is 5.64.